The average molecular weight is 223 g/mol. The zero-order valence-electron chi connectivity index (χ0n) is 9.75. The van der Waals surface area contributed by atoms with E-state index in [4.69, 9.17) is 0 Å². The van der Waals surface area contributed by atoms with Gasteiger partial charge in [-0.3, -0.25) is 0 Å². The van der Waals surface area contributed by atoms with Gasteiger partial charge < -0.3 is 5.32 Å². The third kappa shape index (κ3) is 3.05. The summed E-state index contributed by atoms with van der Waals surface area (Å²) in [6, 6.07) is 5.35. The lowest BCUT2D eigenvalue weighted by Gasteiger charge is -2.10. The topological polar surface area (TPSA) is 12.0 Å². The summed E-state index contributed by atoms with van der Waals surface area (Å²) in [5.74, 6) is 0.676. The first-order valence-electron chi connectivity index (χ1n) is 6.07. The summed E-state index contributed by atoms with van der Waals surface area (Å²) in [5, 5.41) is 3.66. The van der Waals surface area contributed by atoms with Gasteiger partial charge in [0.05, 0.1) is 0 Å². The Bertz CT molecular complexity index is 297. The van der Waals surface area contributed by atoms with E-state index in [2.05, 4.69) is 31.3 Å². The normalized spacial score (nSPS) is 17.8. The van der Waals surface area contributed by atoms with Gasteiger partial charge in [-0.2, -0.15) is 0 Å². The molecular weight excluding hydrogens is 202 g/mol. The van der Waals surface area contributed by atoms with Crippen LogP contribution in [0.2, 0.25) is 0 Å². The first-order valence-corrected chi connectivity index (χ1v) is 6.89. The molecule has 1 N–H and O–H groups in total. The van der Waals surface area contributed by atoms with Crippen LogP contribution in [0.3, 0.4) is 0 Å². The molecule has 0 unspecified atom stereocenters. The Morgan fingerprint density at radius 3 is 2.67 bits per heavy atom. The smallest absolute Gasteiger partial charge is 0.0302 e. The lowest BCUT2D eigenvalue weighted by molar-refractivity contribution is 0.527. The summed E-state index contributed by atoms with van der Waals surface area (Å²) in [6.45, 7) is 5.60. The minimum absolute atomic E-state index is 0.676. The Labute approximate surface area is 96.9 Å². The van der Waals surface area contributed by atoms with E-state index in [0.717, 1.165) is 12.6 Å². The van der Waals surface area contributed by atoms with Gasteiger partial charge in [-0.1, -0.05) is 26.7 Å². The van der Waals surface area contributed by atoms with E-state index in [1.165, 1.54) is 35.4 Å². The molecule has 2 heteroatoms. The lowest BCUT2D eigenvalue weighted by atomic mass is 10.2. The van der Waals surface area contributed by atoms with Gasteiger partial charge in [-0.05, 0) is 30.9 Å². The maximum atomic E-state index is 3.66. The molecule has 0 amide bonds. The second-order valence-electron chi connectivity index (χ2n) is 4.82. The third-order valence-electron chi connectivity index (χ3n) is 3.17. The Kier molecular flexibility index (Phi) is 3.81. The zero-order chi connectivity index (χ0) is 10.7. The summed E-state index contributed by atoms with van der Waals surface area (Å²) in [4.78, 5) is 3.00. The molecule has 0 radical (unpaired) electrons. The Hall–Kier alpha value is -0.340. The SMILES string of the molecule is CC(C)c1ccc(CNC2CCCC2)s1. The number of rotatable bonds is 4. The van der Waals surface area contributed by atoms with Gasteiger partial charge in [0.1, 0.15) is 0 Å². The van der Waals surface area contributed by atoms with E-state index in [9.17, 15) is 0 Å². The average Bonchev–Trinajstić information content (AvgIpc) is 2.86. The summed E-state index contributed by atoms with van der Waals surface area (Å²) in [6.07, 6.45) is 5.59. The van der Waals surface area contributed by atoms with Crippen molar-refractivity contribution in [2.45, 2.75) is 58.0 Å². The highest BCUT2D eigenvalue weighted by Gasteiger charge is 2.14. The van der Waals surface area contributed by atoms with Crippen LogP contribution in [-0.4, -0.2) is 6.04 Å². The van der Waals surface area contributed by atoms with Crippen molar-refractivity contribution in [2.75, 3.05) is 0 Å². The standard InChI is InChI=1S/C13H21NS/c1-10(2)13-8-7-12(15-13)9-14-11-5-3-4-6-11/h7-8,10-11,14H,3-6,9H2,1-2H3. The van der Waals surface area contributed by atoms with E-state index in [0.29, 0.717) is 5.92 Å². The van der Waals surface area contributed by atoms with E-state index in [1.807, 2.05) is 11.3 Å². The maximum Gasteiger partial charge on any atom is 0.0302 e. The monoisotopic (exact) mass is 223 g/mol. The van der Waals surface area contributed by atoms with Gasteiger partial charge >= 0.3 is 0 Å². The van der Waals surface area contributed by atoms with Gasteiger partial charge in [0.25, 0.3) is 0 Å². The fourth-order valence-electron chi connectivity index (χ4n) is 2.17. The van der Waals surface area contributed by atoms with Crippen LogP contribution in [0.4, 0.5) is 0 Å². The van der Waals surface area contributed by atoms with Crippen molar-refractivity contribution >= 4 is 11.3 Å². The highest BCUT2D eigenvalue weighted by Crippen LogP contribution is 2.25. The fraction of sp³-hybridized carbons (Fsp3) is 0.692. The molecule has 0 spiro atoms. The van der Waals surface area contributed by atoms with Crippen molar-refractivity contribution < 1.29 is 0 Å². The van der Waals surface area contributed by atoms with Crippen molar-refractivity contribution in [3.05, 3.63) is 21.9 Å². The Morgan fingerprint density at radius 1 is 1.33 bits per heavy atom. The van der Waals surface area contributed by atoms with E-state index < -0.39 is 0 Å². The van der Waals surface area contributed by atoms with E-state index in [-0.39, 0.29) is 0 Å². The first-order chi connectivity index (χ1) is 7.25. The van der Waals surface area contributed by atoms with Crippen LogP contribution in [0.1, 0.15) is 55.2 Å². The zero-order valence-corrected chi connectivity index (χ0v) is 10.6. The molecular formula is C13H21NS. The van der Waals surface area contributed by atoms with Crippen molar-refractivity contribution in [3.63, 3.8) is 0 Å². The molecule has 1 saturated carbocycles. The molecule has 0 aromatic carbocycles. The minimum atomic E-state index is 0.676. The molecule has 1 aliphatic rings. The molecule has 0 bridgehead atoms. The van der Waals surface area contributed by atoms with Crippen LogP contribution < -0.4 is 5.32 Å². The molecule has 1 aromatic rings. The van der Waals surface area contributed by atoms with E-state index >= 15 is 0 Å². The van der Waals surface area contributed by atoms with Gasteiger partial charge in [-0.25, -0.2) is 0 Å². The highest BCUT2D eigenvalue weighted by atomic mass is 32.1. The first kappa shape index (κ1) is 11.2. The van der Waals surface area contributed by atoms with Crippen LogP contribution in [0, 0.1) is 0 Å². The van der Waals surface area contributed by atoms with E-state index in [1.54, 1.807) is 0 Å². The second-order valence-corrected chi connectivity index (χ2v) is 6.02. The molecule has 0 saturated heterocycles. The number of thiophene rings is 1. The summed E-state index contributed by atoms with van der Waals surface area (Å²) >= 11 is 1.96. The summed E-state index contributed by atoms with van der Waals surface area (Å²) < 4.78 is 0. The van der Waals surface area contributed by atoms with Gasteiger partial charge in [0.15, 0.2) is 0 Å². The number of hydrogen-bond acceptors (Lipinski definition) is 2. The van der Waals surface area contributed by atoms with Crippen LogP contribution >= 0.6 is 11.3 Å². The van der Waals surface area contributed by atoms with Crippen LogP contribution in [0.25, 0.3) is 0 Å². The lowest BCUT2D eigenvalue weighted by Crippen LogP contribution is -2.24. The summed E-state index contributed by atoms with van der Waals surface area (Å²) in [5.41, 5.74) is 0. The third-order valence-corrected chi connectivity index (χ3v) is 4.56. The molecule has 2 rings (SSSR count). The molecule has 1 fully saturated rings. The molecule has 1 aromatic heterocycles. The molecule has 1 heterocycles. The van der Waals surface area contributed by atoms with Gasteiger partial charge in [0, 0.05) is 22.3 Å². The van der Waals surface area contributed by atoms with Crippen molar-refractivity contribution in [3.8, 4) is 0 Å². The molecule has 0 atom stereocenters. The summed E-state index contributed by atoms with van der Waals surface area (Å²) in [7, 11) is 0. The molecule has 1 nitrogen and oxygen atoms in total. The Morgan fingerprint density at radius 2 is 2.07 bits per heavy atom. The van der Waals surface area contributed by atoms with Crippen LogP contribution in [-0.2, 0) is 6.54 Å². The largest absolute Gasteiger partial charge is 0.309 e. The molecule has 1 aliphatic carbocycles. The predicted octanol–water partition coefficient (Wildman–Crippen LogP) is 3.90. The maximum absolute atomic E-state index is 3.66. The molecule has 0 aliphatic heterocycles. The fourth-order valence-corrected chi connectivity index (χ4v) is 3.14. The quantitative estimate of drug-likeness (QED) is 0.816. The van der Waals surface area contributed by atoms with Crippen LogP contribution in [0.15, 0.2) is 12.1 Å². The second kappa shape index (κ2) is 5.13. The number of hydrogen-bond donors (Lipinski definition) is 1. The number of nitrogens with one attached hydrogen (secondary N) is 1. The minimum Gasteiger partial charge on any atom is -0.309 e. The molecule has 15 heavy (non-hydrogen) atoms. The van der Waals surface area contributed by atoms with Crippen molar-refractivity contribution in [2.24, 2.45) is 0 Å². The van der Waals surface area contributed by atoms with Crippen LogP contribution in [0.5, 0.6) is 0 Å². The van der Waals surface area contributed by atoms with Crippen molar-refractivity contribution in [1.29, 1.82) is 0 Å². The van der Waals surface area contributed by atoms with Gasteiger partial charge in [-0.15, -0.1) is 11.3 Å². The highest BCUT2D eigenvalue weighted by molar-refractivity contribution is 7.12. The molecule has 84 valence electrons. The van der Waals surface area contributed by atoms with Gasteiger partial charge in [0.2, 0.25) is 0 Å². The predicted molar refractivity (Wildman–Crippen MR) is 67.5 cm³/mol. The Balaban J connectivity index is 1.82. The van der Waals surface area contributed by atoms with Crippen molar-refractivity contribution in [1.82, 2.24) is 5.32 Å².